The Kier molecular flexibility index (Phi) is 5.86. The van der Waals surface area contributed by atoms with Crippen LogP contribution < -0.4 is 10.2 Å². The predicted octanol–water partition coefficient (Wildman–Crippen LogP) is 5.67. The number of carboxylic acid groups (broad SMARTS) is 1. The summed E-state index contributed by atoms with van der Waals surface area (Å²) in [5.41, 5.74) is 7.30. The standard InChI is InChI=1S/C28H26N4O2S/c1-17-8-6-10-21(14-17)32-26(25(30-28(32)35)24-12-4-5-13-29-24)23-15-18(2)31(19(23)3)22-11-7-9-20(16-22)27(33)34/h4-16,25-26H,1-3H3,(H,30,35)(H,33,34)/t25-,26+/m1/s1. The topological polar surface area (TPSA) is 70.4 Å². The summed E-state index contributed by atoms with van der Waals surface area (Å²) in [6.07, 6.45) is 1.80. The van der Waals surface area contributed by atoms with Gasteiger partial charge in [0.15, 0.2) is 5.11 Å². The van der Waals surface area contributed by atoms with Gasteiger partial charge in [-0.1, -0.05) is 24.3 Å². The quantitative estimate of drug-likeness (QED) is 0.357. The number of thiocarbonyl (C=S) groups is 1. The number of benzene rings is 2. The van der Waals surface area contributed by atoms with Gasteiger partial charge >= 0.3 is 5.97 Å². The van der Waals surface area contributed by atoms with Gasteiger partial charge in [-0.2, -0.15) is 0 Å². The molecule has 0 amide bonds. The van der Waals surface area contributed by atoms with Crippen molar-refractivity contribution >= 4 is 29.0 Å². The lowest BCUT2D eigenvalue weighted by Gasteiger charge is -2.28. The predicted molar refractivity (Wildman–Crippen MR) is 141 cm³/mol. The van der Waals surface area contributed by atoms with Gasteiger partial charge in [0.25, 0.3) is 0 Å². The molecule has 35 heavy (non-hydrogen) atoms. The van der Waals surface area contributed by atoms with E-state index >= 15 is 0 Å². The van der Waals surface area contributed by atoms with E-state index in [4.69, 9.17) is 12.2 Å². The maximum atomic E-state index is 11.6. The number of hydrogen-bond donors (Lipinski definition) is 2. The average molecular weight is 483 g/mol. The van der Waals surface area contributed by atoms with Crippen molar-refractivity contribution in [2.45, 2.75) is 32.9 Å². The number of rotatable bonds is 5. The molecule has 6 nitrogen and oxygen atoms in total. The fourth-order valence-electron chi connectivity index (χ4n) is 4.99. The zero-order valence-corrected chi connectivity index (χ0v) is 20.6. The molecule has 2 atom stereocenters. The Morgan fingerprint density at radius 3 is 2.46 bits per heavy atom. The molecule has 1 aliphatic rings. The van der Waals surface area contributed by atoms with Crippen LogP contribution in [0.4, 0.5) is 5.69 Å². The van der Waals surface area contributed by atoms with Crippen molar-refractivity contribution in [3.05, 3.63) is 113 Å². The van der Waals surface area contributed by atoms with Crippen molar-refractivity contribution < 1.29 is 9.90 Å². The maximum absolute atomic E-state index is 11.6. The van der Waals surface area contributed by atoms with Crippen LogP contribution >= 0.6 is 12.2 Å². The molecular formula is C28H26N4O2S. The average Bonchev–Trinajstić information content (AvgIpc) is 3.34. The lowest BCUT2D eigenvalue weighted by atomic mass is 9.96. The van der Waals surface area contributed by atoms with Crippen LogP contribution in [0, 0.1) is 20.8 Å². The summed E-state index contributed by atoms with van der Waals surface area (Å²) in [6.45, 7) is 6.18. The summed E-state index contributed by atoms with van der Waals surface area (Å²) in [7, 11) is 0. The Labute approximate surface area is 209 Å². The van der Waals surface area contributed by atoms with E-state index in [-0.39, 0.29) is 17.6 Å². The van der Waals surface area contributed by atoms with Gasteiger partial charge < -0.3 is 19.9 Å². The van der Waals surface area contributed by atoms with Crippen molar-refractivity contribution in [3.8, 4) is 5.69 Å². The molecule has 1 aliphatic heterocycles. The smallest absolute Gasteiger partial charge is 0.335 e. The SMILES string of the molecule is Cc1cccc(N2C(=S)N[C@H](c3ccccn3)[C@@H]2c2cc(C)n(-c3cccc(C(=O)O)c3)c2C)c1. The van der Waals surface area contributed by atoms with Crippen molar-refractivity contribution in [2.24, 2.45) is 0 Å². The third kappa shape index (κ3) is 4.08. The van der Waals surface area contributed by atoms with Crippen LogP contribution in [-0.2, 0) is 0 Å². The third-order valence-electron chi connectivity index (χ3n) is 6.52. The van der Waals surface area contributed by atoms with Gasteiger partial charge in [0.2, 0.25) is 0 Å². The van der Waals surface area contributed by atoms with Gasteiger partial charge in [-0.05, 0) is 92.6 Å². The molecule has 1 fully saturated rings. The first-order valence-corrected chi connectivity index (χ1v) is 11.9. The van der Waals surface area contributed by atoms with E-state index in [0.717, 1.165) is 39.6 Å². The van der Waals surface area contributed by atoms with Crippen LogP contribution in [0.15, 0.2) is 79.0 Å². The fraction of sp³-hybridized carbons (Fsp3) is 0.179. The number of anilines is 1. The Balaban J connectivity index is 1.68. The van der Waals surface area contributed by atoms with Crippen LogP contribution in [-0.4, -0.2) is 25.7 Å². The van der Waals surface area contributed by atoms with E-state index in [2.05, 4.69) is 57.9 Å². The second kappa shape index (κ2) is 9.00. The van der Waals surface area contributed by atoms with E-state index in [1.165, 1.54) is 0 Å². The molecule has 0 radical (unpaired) electrons. The molecule has 4 aromatic rings. The van der Waals surface area contributed by atoms with Gasteiger partial charge in [-0.25, -0.2) is 4.79 Å². The molecule has 0 saturated carbocycles. The molecule has 7 heteroatoms. The number of nitrogens with zero attached hydrogens (tertiary/aromatic N) is 3. The first-order chi connectivity index (χ1) is 16.8. The van der Waals surface area contributed by atoms with E-state index in [1.54, 1.807) is 24.4 Å². The highest BCUT2D eigenvalue weighted by Gasteiger charge is 2.42. The molecule has 176 valence electrons. The molecule has 3 heterocycles. The number of nitrogens with one attached hydrogen (secondary N) is 1. The normalized spacial score (nSPS) is 17.5. The Morgan fingerprint density at radius 2 is 1.74 bits per heavy atom. The fourth-order valence-corrected chi connectivity index (χ4v) is 5.34. The Hall–Kier alpha value is -3.97. The lowest BCUT2D eigenvalue weighted by molar-refractivity contribution is 0.0697. The number of aromatic nitrogens is 2. The van der Waals surface area contributed by atoms with Gasteiger partial charge in [0.05, 0.1) is 23.3 Å². The minimum Gasteiger partial charge on any atom is -0.478 e. The first kappa shape index (κ1) is 22.8. The summed E-state index contributed by atoms with van der Waals surface area (Å²) < 4.78 is 2.10. The minimum absolute atomic E-state index is 0.137. The number of hydrogen-bond acceptors (Lipinski definition) is 3. The van der Waals surface area contributed by atoms with Crippen LogP contribution in [0.1, 0.15) is 50.7 Å². The highest BCUT2D eigenvalue weighted by molar-refractivity contribution is 7.80. The van der Waals surface area contributed by atoms with Crippen molar-refractivity contribution in [1.29, 1.82) is 0 Å². The molecule has 2 aromatic carbocycles. The van der Waals surface area contributed by atoms with Gasteiger partial charge in [-0.3, -0.25) is 4.98 Å². The minimum atomic E-state index is -0.944. The van der Waals surface area contributed by atoms with Crippen LogP contribution in [0.3, 0.4) is 0 Å². The van der Waals surface area contributed by atoms with Gasteiger partial charge in [0, 0.05) is 29.0 Å². The number of aromatic carboxylic acids is 1. The zero-order chi connectivity index (χ0) is 24.7. The molecule has 5 rings (SSSR count). The second-order valence-corrected chi connectivity index (χ2v) is 9.24. The molecule has 0 spiro atoms. The molecule has 2 N–H and O–H groups in total. The van der Waals surface area contributed by atoms with Crippen LogP contribution in [0.25, 0.3) is 5.69 Å². The van der Waals surface area contributed by atoms with Crippen molar-refractivity contribution in [1.82, 2.24) is 14.9 Å². The van der Waals surface area contributed by atoms with Crippen LogP contribution in [0.2, 0.25) is 0 Å². The lowest BCUT2D eigenvalue weighted by Crippen LogP contribution is -2.29. The van der Waals surface area contributed by atoms with E-state index < -0.39 is 5.97 Å². The van der Waals surface area contributed by atoms with E-state index in [0.29, 0.717) is 5.11 Å². The summed E-state index contributed by atoms with van der Waals surface area (Å²) >= 11 is 5.86. The second-order valence-electron chi connectivity index (χ2n) is 8.85. The number of aryl methyl sites for hydroxylation is 2. The Morgan fingerprint density at radius 1 is 0.971 bits per heavy atom. The number of carboxylic acids is 1. The largest absolute Gasteiger partial charge is 0.478 e. The molecule has 2 aromatic heterocycles. The maximum Gasteiger partial charge on any atom is 0.335 e. The molecule has 0 aliphatic carbocycles. The molecule has 1 saturated heterocycles. The summed E-state index contributed by atoms with van der Waals surface area (Å²) in [5, 5.41) is 13.7. The monoisotopic (exact) mass is 482 g/mol. The van der Waals surface area contributed by atoms with Crippen molar-refractivity contribution in [2.75, 3.05) is 4.90 Å². The highest BCUT2D eigenvalue weighted by atomic mass is 32.1. The third-order valence-corrected chi connectivity index (χ3v) is 6.83. The summed E-state index contributed by atoms with van der Waals surface area (Å²) in [4.78, 5) is 18.4. The number of pyridine rings is 1. The van der Waals surface area contributed by atoms with Gasteiger partial charge in [0.1, 0.15) is 0 Å². The van der Waals surface area contributed by atoms with Crippen molar-refractivity contribution in [3.63, 3.8) is 0 Å². The molecular weight excluding hydrogens is 456 g/mol. The first-order valence-electron chi connectivity index (χ1n) is 11.4. The molecule has 0 bridgehead atoms. The summed E-state index contributed by atoms with van der Waals surface area (Å²) in [5.74, 6) is -0.944. The number of carbonyl (C=O) groups is 1. The highest BCUT2D eigenvalue weighted by Crippen LogP contribution is 2.43. The molecule has 0 unspecified atom stereocenters. The van der Waals surface area contributed by atoms with Gasteiger partial charge in [-0.15, -0.1) is 0 Å². The van der Waals surface area contributed by atoms with E-state index in [1.807, 2.05) is 37.3 Å². The summed E-state index contributed by atoms with van der Waals surface area (Å²) in [6, 6.07) is 23.1. The zero-order valence-electron chi connectivity index (χ0n) is 19.8. The van der Waals surface area contributed by atoms with E-state index in [9.17, 15) is 9.90 Å². The van der Waals surface area contributed by atoms with Crippen LogP contribution in [0.5, 0.6) is 0 Å². The Bertz CT molecular complexity index is 1430.